The first-order valence-corrected chi connectivity index (χ1v) is 8.72. The Morgan fingerprint density at radius 2 is 1.92 bits per heavy atom. The number of ether oxygens (including phenoxy) is 1. The van der Waals surface area contributed by atoms with E-state index in [4.69, 9.17) is 4.74 Å². The van der Waals surface area contributed by atoms with Gasteiger partial charge in [-0.3, -0.25) is 9.59 Å². The van der Waals surface area contributed by atoms with Crippen LogP contribution in [-0.4, -0.2) is 55.9 Å². The maximum Gasteiger partial charge on any atom is 0.253 e. The van der Waals surface area contributed by atoms with Gasteiger partial charge in [0.25, 0.3) is 5.91 Å². The third kappa shape index (κ3) is 3.87. The second-order valence-corrected chi connectivity index (χ2v) is 6.84. The van der Waals surface area contributed by atoms with Gasteiger partial charge < -0.3 is 14.5 Å². The van der Waals surface area contributed by atoms with Crippen molar-refractivity contribution in [2.45, 2.75) is 6.42 Å². The molecular weight excluding hydrogens is 328 g/mol. The number of hydrogen-bond acceptors (Lipinski definition) is 3. The van der Waals surface area contributed by atoms with E-state index in [-0.39, 0.29) is 17.7 Å². The van der Waals surface area contributed by atoms with Gasteiger partial charge in [0.1, 0.15) is 5.75 Å². The number of likely N-dealkylation sites (tertiary alicyclic amines) is 1. The lowest BCUT2D eigenvalue weighted by Crippen LogP contribution is -2.32. The summed E-state index contributed by atoms with van der Waals surface area (Å²) in [5.41, 5.74) is 2.73. The lowest BCUT2D eigenvalue weighted by molar-refractivity contribution is -0.126. The molecule has 1 saturated heterocycles. The Balaban J connectivity index is 1.67. The standard InChI is InChI=1S/C21H24N2O3/c1-22-13-15(11-20(22)24)14-23(2)21(25)17-9-7-16(8-10-17)18-5-4-6-19(12-18)26-3/h4-10,12,15H,11,13-14H2,1-3H3. The van der Waals surface area contributed by atoms with Crippen LogP contribution in [0.25, 0.3) is 11.1 Å². The topological polar surface area (TPSA) is 49.9 Å². The highest BCUT2D eigenvalue weighted by Crippen LogP contribution is 2.24. The van der Waals surface area contributed by atoms with Crippen molar-refractivity contribution in [3.63, 3.8) is 0 Å². The molecule has 0 aromatic heterocycles. The quantitative estimate of drug-likeness (QED) is 0.831. The van der Waals surface area contributed by atoms with Crippen LogP contribution in [-0.2, 0) is 4.79 Å². The molecule has 0 N–H and O–H groups in total. The summed E-state index contributed by atoms with van der Waals surface area (Å²) in [6.07, 6.45) is 0.517. The number of carbonyl (C=O) groups excluding carboxylic acids is 2. The third-order valence-electron chi connectivity index (χ3n) is 4.83. The lowest BCUT2D eigenvalue weighted by atomic mass is 10.0. The molecule has 1 fully saturated rings. The zero-order chi connectivity index (χ0) is 18.7. The van der Waals surface area contributed by atoms with Crippen LogP contribution in [0.15, 0.2) is 48.5 Å². The van der Waals surface area contributed by atoms with Gasteiger partial charge >= 0.3 is 0 Å². The van der Waals surface area contributed by atoms with Crippen LogP contribution in [0.1, 0.15) is 16.8 Å². The van der Waals surface area contributed by atoms with Crippen molar-refractivity contribution in [2.75, 3.05) is 34.3 Å². The number of nitrogens with zero attached hydrogens (tertiary/aromatic N) is 2. The Labute approximate surface area is 154 Å². The molecule has 1 aliphatic rings. The number of methoxy groups -OCH3 is 1. The first-order valence-electron chi connectivity index (χ1n) is 8.72. The van der Waals surface area contributed by atoms with Gasteiger partial charge in [0.2, 0.25) is 5.91 Å². The molecule has 5 nitrogen and oxygen atoms in total. The van der Waals surface area contributed by atoms with E-state index in [0.29, 0.717) is 25.1 Å². The number of benzene rings is 2. The molecule has 0 saturated carbocycles. The number of carbonyl (C=O) groups is 2. The molecular formula is C21H24N2O3. The second-order valence-electron chi connectivity index (χ2n) is 6.84. The minimum atomic E-state index is -0.0239. The van der Waals surface area contributed by atoms with E-state index in [0.717, 1.165) is 16.9 Å². The largest absolute Gasteiger partial charge is 0.497 e. The smallest absolute Gasteiger partial charge is 0.253 e. The van der Waals surface area contributed by atoms with Crippen LogP contribution in [0.3, 0.4) is 0 Å². The molecule has 1 aliphatic heterocycles. The van der Waals surface area contributed by atoms with Gasteiger partial charge in [-0.05, 0) is 35.4 Å². The fourth-order valence-corrected chi connectivity index (χ4v) is 3.38. The van der Waals surface area contributed by atoms with Crippen LogP contribution < -0.4 is 4.74 Å². The van der Waals surface area contributed by atoms with Crippen molar-refractivity contribution in [1.29, 1.82) is 0 Å². The number of amides is 2. The van der Waals surface area contributed by atoms with Crippen molar-refractivity contribution in [3.05, 3.63) is 54.1 Å². The molecule has 3 rings (SSSR count). The van der Waals surface area contributed by atoms with Gasteiger partial charge in [0.05, 0.1) is 7.11 Å². The SMILES string of the molecule is COc1cccc(-c2ccc(C(=O)N(C)CC3CC(=O)N(C)C3)cc2)c1. The van der Waals surface area contributed by atoms with Gasteiger partial charge in [0.15, 0.2) is 0 Å². The zero-order valence-corrected chi connectivity index (χ0v) is 15.4. The molecule has 0 bridgehead atoms. The molecule has 26 heavy (non-hydrogen) atoms. The van der Waals surface area contributed by atoms with Crippen LogP contribution in [0.2, 0.25) is 0 Å². The maximum atomic E-state index is 12.7. The van der Waals surface area contributed by atoms with Gasteiger partial charge in [-0.25, -0.2) is 0 Å². The highest BCUT2D eigenvalue weighted by molar-refractivity contribution is 5.94. The highest BCUT2D eigenvalue weighted by atomic mass is 16.5. The fraction of sp³-hybridized carbons (Fsp3) is 0.333. The monoisotopic (exact) mass is 352 g/mol. The van der Waals surface area contributed by atoms with Crippen molar-refractivity contribution >= 4 is 11.8 Å². The Kier molecular flexibility index (Phi) is 5.26. The van der Waals surface area contributed by atoms with Gasteiger partial charge in [0, 0.05) is 45.1 Å². The summed E-state index contributed by atoms with van der Waals surface area (Å²) >= 11 is 0. The van der Waals surface area contributed by atoms with Crippen molar-refractivity contribution in [2.24, 2.45) is 5.92 Å². The van der Waals surface area contributed by atoms with Crippen LogP contribution in [0.4, 0.5) is 0 Å². The Bertz CT molecular complexity index is 801. The zero-order valence-electron chi connectivity index (χ0n) is 15.4. The van der Waals surface area contributed by atoms with Crippen LogP contribution >= 0.6 is 0 Å². The molecule has 0 radical (unpaired) electrons. The Morgan fingerprint density at radius 3 is 2.54 bits per heavy atom. The van der Waals surface area contributed by atoms with E-state index in [1.165, 1.54) is 0 Å². The summed E-state index contributed by atoms with van der Waals surface area (Å²) in [5, 5.41) is 0. The van der Waals surface area contributed by atoms with E-state index < -0.39 is 0 Å². The summed E-state index contributed by atoms with van der Waals surface area (Å²) < 4.78 is 5.26. The first kappa shape index (κ1) is 18.0. The molecule has 2 amide bonds. The van der Waals surface area contributed by atoms with Crippen LogP contribution in [0.5, 0.6) is 5.75 Å². The molecule has 1 unspecified atom stereocenters. The number of rotatable bonds is 5. The van der Waals surface area contributed by atoms with Crippen molar-refractivity contribution in [3.8, 4) is 16.9 Å². The van der Waals surface area contributed by atoms with Crippen molar-refractivity contribution in [1.82, 2.24) is 9.80 Å². The van der Waals surface area contributed by atoms with E-state index >= 15 is 0 Å². The Hall–Kier alpha value is -2.82. The van der Waals surface area contributed by atoms with Gasteiger partial charge in [-0.15, -0.1) is 0 Å². The average molecular weight is 352 g/mol. The normalized spacial score (nSPS) is 16.7. The van der Waals surface area contributed by atoms with Gasteiger partial charge in [-0.2, -0.15) is 0 Å². The molecule has 0 spiro atoms. The third-order valence-corrected chi connectivity index (χ3v) is 4.83. The predicted octanol–water partition coefficient (Wildman–Crippen LogP) is 2.91. The van der Waals surface area contributed by atoms with Gasteiger partial charge in [-0.1, -0.05) is 24.3 Å². The molecule has 1 heterocycles. The summed E-state index contributed by atoms with van der Waals surface area (Å²) in [6.45, 7) is 1.30. The van der Waals surface area contributed by atoms with E-state index in [1.807, 2.05) is 48.5 Å². The lowest BCUT2D eigenvalue weighted by Gasteiger charge is -2.21. The molecule has 2 aromatic rings. The maximum absolute atomic E-state index is 12.7. The van der Waals surface area contributed by atoms with Crippen LogP contribution in [0, 0.1) is 5.92 Å². The molecule has 136 valence electrons. The predicted molar refractivity (Wildman–Crippen MR) is 101 cm³/mol. The van der Waals surface area contributed by atoms with E-state index in [2.05, 4.69) is 0 Å². The summed E-state index contributed by atoms with van der Waals surface area (Å²) in [5.74, 6) is 1.14. The second kappa shape index (κ2) is 7.60. The van der Waals surface area contributed by atoms with E-state index in [9.17, 15) is 9.59 Å². The molecule has 1 atom stereocenters. The Morgan fingerprint density at radius 1 is 1.19 bits per heavy atom. The fourth-order valence-electron chi connectivity index (χ4n) is 3.38. The highest BCUT2D eigenvalue weighted by Gasteiger charge is 2.28. The first-order chi connectivity index (χ1) is 12.5. The average Bonchev–Trinajstić information content (AvgIpc) is 2.98. The molecule has 5 heteroatoms. The molecule has 0 aliphatic carbocycles. The summed E-state index contributed by atoms with van der Waals surface area (Å²) in [6, 6.07) is 15.4. The minimum absolute atomic E-state index is 0.0239. The summed E-state index contributed by atoms with van der Waals surface area (Å²) in [4.78, 5) is 27.7. The van der Waals surface area contributed by atoms with Crippen molar-refractivity contribution < 1.29 is 14.3 Å². The van der Waals surface area contributed by atoms with E-state index in [1.54, 1.807) is 31.0 Å². The minimum Gasteiger partial charge on any atom is -0.497 e. The number of hydrogen-bond donors (Lipinski definition) is 0. The summed E-state index contributed by atoms with van der Waals surface area (Å²) in [7, 11) is 5.24. The molecule has 2 aromatic carbocycles.